The Morgan fingerprint density at radius 2 is 1.53 bits per heavy atom. The van der Waals surface area contributed by atoms with Gasteiger partial charge in [0.25, 0.3) is 0 Å². The van der Waals surface area contributed by atoms with Crippen LogP contribution in [0.2, 0.25) is 0 Å². The molecule has 0 atom stereocenters. The molecule has 0 amide bonds. The smallest absolute Gasteiger partial charge is 0.0629 e. The Morgan fingerprint density at radius 3 is 2.24 bits per heavy atom. The number of benzene rings is 2. The molecule has 2 rings (SSSR count). The molecule has 0 fully saturated rings. The maximum atomic E-state index is 4.47. The third-order valence-electron chi connectivity index (χ3n) is 2.53. The van der Waals surface area contributed by atoms with E-state index in [0.29, 0.717) is 0 Å². The monoisotopic (exact) mass is 224 g/mol. The summed E-state index contributed by atoms with van der Waals surface area (Å²) in [7, 11) is 4.07. The molecule has 2 aromatic carbocycles. The minimum atomic E-state index is 0.973. The van der Waals surface area contributed by atoms with Crippen LogP contribution in [-0.2, 0) is 0 Å². The zero-order valence-corrected chi connectivity index (χ0v) is 10.2. The number of hydrogen-bond acceptors (Lipinski definition) is 2. The standard InChI is InChI=1S/C15H16N2/c1-17(2)15-11-7-6-8-13(15)12-16-14-9-4-3-5-10-14/h3-12H,1-2H3/b16-12-. The van der Waals surface area contributed by atoms with Gasteiger partial charge in [0.2, 0.25) is 0 Å². The fourth-order valence-corrected chi connectivity index (χ4v) is 1.66. The molecule has 0 aliphatic carbocycles. The van der Waals surface area contributed by atoms with E-state index in [1.165, 1.54) is 5.69 Å². The average Bonchev–Trinajstić information content (AvgIpc) is 2.38. The topological polar surface area (TPSA) is 15.6 Å². The lowest BCUT2D eigenvalue weighted by molar-refractivity contribution is 1.13. The van der Waals surface area contributed by atoms with E-state index in [2.05, 4.69) is 22.0 Å². The maximum Gasteiger partial charge on any atom is 0.0629 e. The Kier molecular flexibility index (Phi) is 3.55. The van der Waals surface area contributed by atoms with Crippen LogP contribution < -0.4 is 4.90 Å². The Morgan fingerprint density at radius 1 is 0.882 bits per heavy atom. The molecule has 0 aromatic heterocycles. The van der Waals surface area contributed by atoms with E-state index >= 15 is 0 Å². The van der Waals surface area contributed by atoms with Crippen LogP contribution in [0.3, 0.4) is 0 Å². The van der Waals surface area contributed by atoms with Crippen molar-refractivity contribution < 1.29 is 0 Å². The molecular weight excluding hydrogens is 208 g/mol. The number of hydrogen-bond donors (Lipinski definition) is 0. The Hall–Kier alpha value is -2.09. The molecule has 0 heterocycles. The molecule has 2 heteroatoms. The molecule has 0 saturated heterocycles. The summed E-state index contributed by atoms with van der Waals surface area (Å²) in [6.07, 6.45) is 1.91. The van der Waals surface area contributed by atoms with Gasteiger partial charge in [0.1, 0.15) is 0 Å². The molecule has 0 aliphatic rings. The lowest BCUT2D eigenvalue weighted by Gasteiger charge is -2.14. The third-order valence-corrected chi connectivity index (χ3v) is 2.53. The first kappa shape index (κ1) is 11.4. The number of rotatable bonds is 3. The highest BCUT2D eigenvalue weighted by molar-refractivity contribution is 5.89. The Balaban J connectivity index is 2.27. The van der Waals surface area contributed by atoms with Crippen molar-refractivity contribution in [3.8, 4) is 0 Å². The van der Waals surface area contributed by atoms with E-state index in [1.807, 2.05) is 62.8 Å². The van der Waals surface area contributed by atoms with Gasteiger partial charge in [-0.2, -0.15) is 0 Å². The summed E-state index contributed by atoms with van der Waals surface area (Å²) in [5.41, 5.74) is 3.27. The molecule has 0 saturated carbocycles. The maximum absolute atomic E-state index is 4.47. The molecule has 0 unspecified atom stereocenters. The molecule has 2 aromatic rings. The van der Waals surface area contributed by atoms with Crippen molar-refractivity contribution in [2.24, 2.45) is 4.99 Å². The van der Waals surface area contributed by atoms with Gasteiger partial charge in [-0.25, -0.2) is 0 Å². The predicted octanol–water partition coefficient (Wildman–Crippen LogP) is 3.50. The molecule has 0 spiro atoms. The van der Waals surface area contributed by atoms with Crippen molar-refractivity contribution in [3.63, 3.8) is 0 Å². The highest BCUT2D eigenvalue weighted by Gasteiger charge is 1.99. The van der Waals surface area contributed by atoms with E-state index in [-0.39, 0.29) is 0 Å². The predicted molar refractivity (Wildman–Crippen MR) is 74.5 cm³/mol. The second-order valence-electron chi connectivity index (χ2n) is 4.05. The molecule has 0 N–H and O–H groups in total. The van der Waals surface area contributed by atoms with E-state index in [9.17, 15) is 0 Å². The summed E-state index contributed by atoms with van der Waals surface area (Å²) in [6.45, 7) is 0. The van der Waals surface area contributed by atoms with Crippen LogP contribution in [0.15, 0.2) is 59.6 Å². The lowest BCUT2D eigenvalue weighted by atomic mass is 10.2. The fraction of sp³-hybridized carbons (Fsp3) is 0.133. The summed E-state index contributed by atoms with van der Waals surface area (Å²) in [5, 5.41) is 0. The van der Waals surface area contributed by atoms with Crippen molar-refractivity contribution in [1.82, 2.24) is 0 Å². The van der Waals surface area contributed by atoms with Gasteiger partial charge in [-0.1, -0.05) is 36.4 Å². The molecule has 0 aliphatic heterocycles. The number of nitrogens with zero attached hydrogens (tertiary/aromatic N) is 2. The summed E-state index contributed by atoms with van der Waals surface area (Å²) in [4.78, 5) is 6.56. The normalized spacial score (nSPS) is 10.7. The fourth-order valence-electron chi connectivity index (χ4n) is 1.66. The second kappa shape index (κ2) is 5.30. The van der Waals surface area contributed by atoms with Crippen molar-refractivity contribution in [2.45, 2.75) is 0 Å². The minimum absolute atomic E-state index is 0.973. The molecule has 17 heavy (non-hydrogen) atoms. The zero-order chi connectivity index (χ0) is 12.1. The van der Waals surface area contributed by atoms with Crippen LogP contribution in [0.4, 0.5) is 11.4 Å². The van der Waals surface area contributed by atoms with Gasteiger partial charge in [-0.05, 0) is 18.2 Å². The van der Waals surface area contributed by atoms with Gasteiger partial charge < -0.3 is 4.90 Å². The minimum Gasteiger partial charge on any atom is -0.377 e. The molecular formula is C15H16N2. The number of anilines is 1. The Bertz CT molecular complexity index is 501. The van der Waals surface area contributed by atoms with Crippen LogP contribution >= 0.6 is 0 Å². The van der Waals surface area contributed by atoms with E-state index < -0.39 is 0 Å². The lowest BCUT2D eigenvalue weighted by Crippen LogP contribution is -2.10. The zero-order valence-electron chi connectivity index (χ0n) is 10.2. The summed E-state index contributed by atoms with van der Waals surface area (Å²) in [5.74, 6) is 0. The molecule has 0 bridgehead atoms. The molecule has 0 radical (unpaired) electrons. The van der Waals surface area contributed by atoms with Crippen molar-refractivity contribution in [2.75, 3.05) is 19.0 Å². The van der Waals surface area contributed by atoms with Gasteiger partial charge in [-0.15, -0.1) is 0 Å². The van der Waals surface area contributed by atoms with Crippen LogP contribution in [-0.4, -0.2) is 20.3 Å². The van der Waals surface area contributed by atoms with Crippen molar-refractivity contribution in [3.05, 3.63) is 60.2 Å². The van der Waals surface area contributed by atoms with Gasteiger partial charge in [0.15, 0.2) is 0 Å². The summed E-state index contributed by atoms with van der Waals surface area (Å²) < 4.78 is 0. The highest BCUT2D eigenvalue weighted by Crippen LogP contribution is 2.17. The van der Waals surface area contributed by atoms with E-state index in [4.69, 9.17) is 0 Å². The van der Waals surface area contributed by atoms with E-state index in [0.717, 1.165) is 11.3 Å². The van der Waals surface area contributed by atoms with Crippen molar-refractivity contribution >= 4 is 17.6 Å². The highest BCUT2D eigenvalue weighted by atomic mass is 15.1. The average molecular weight is 224 g/mol. The first-order valence-corrected chi connectivity index (χ1v) is 5.63. The Labute approximate surface area is 102 Å². The third kappa shape index (κ3) is 2.94. The van der Waals surface area contributed by atoms with Gasteiger partial charge in [-0.3, -0.25) is 4.99 Å². The van der Waals surface area contributed by atoms with Crippen LogP contribution in [0.25, 0.3) is 0 Å². The van der Waals surface area contributed by atoms with Gasteiger partial charge >= 0.3 is 0 Å². The quantitative estimate of drug-likeness (QED) is 0.728. The van der Waals surface area contributed by atoms with Crippen LogP contribution in [0.1, 0.15) is 5.56 Å². The number of para-hydroxylation sites is 2. The van der Waals surface area contributed by atoms with Crippen LogP contribution in [0, 0.1) is 0 Å². The molecule has 2 nitrogen and oxygen atoms in total. The largest absolute Gasteiger partial charge is 0.377 e. The second-order valence-corrected chi connectivity index (χ2v) is 4.05. The van der Waals surface area contributed by atoms with Gasteiger partial charge in [0, 0.05) is 31.6 Å². The first-order chi connectivity index (χ1) is 8.27. The first-order valence-electron chi connectivity index (χ1n) is 5.63. The summed E-state index contributed by atoms with van der Waals surface area (Å²) >= 11 is 0. The van der Waals surface area contributed by atoms with Crippen LogP contribution in [0.5, 0.6) is 0 Å². The van der Waals surface area contributed by atoms with Gasteiger partial charge in [0.05, 0.1) is 5.69 Å². The number of aliphatic imine (C=N–C) groups is 1. The van der Waals surface area contributed by atoms with E-state index in [1.54, 1.807) is 0 Å². The molecule has 86 valence electrons. The SMILES string of the molecule is CN(C)c1ccccc1/C=N\c1ccccc1. The summed E-state index contributed by atoms with van der Waals surface area (Å²) in [6, 6.07) is 18.2. The van der Waals surface area contributed by atoms with Crippen molar-refractivity contribution in [1.29, 1.82) is 0 Å².